The Morgan fingerprint density at radius 3 is 2.36 bits per heavy atom. The Morgan fingerprint density at radius 1 is 0.879 bits per heavy atom. The molecule has 169 valence electrons. The third-order valence-corrected chi connectivity index (χ3v) is 7.13. The van der Waals surface area contributed by atoms with Crippen molar-refractivity contribution >= 4 is 30.0 Å². The number of ether oxygens (including phenoxy) is 1. The minimum Gasteiger partial charge on any atom is -0.453 e. The number of fused-ring (bicyclic) bond motifs is 4. The summed E-state index contributed by atoms with van der Waals surface area (Å²) in [4.78, 5) is 2.29. The first-order valence-corrected chi connectivity index (χ1v) is 11.8. The number of para-hydroxylation sites is 2. The largest absolute Gasteiger partial charge is 0.453 e. The van der Waals surface area contributed by atoms with Gasteiger partial charge < -0.3 is 19.4 Å². The van der Waals surface area contributed by atoms with Crippen LogP contribution in [0.3, 0.4) is 0 Å². The third-order valence-electron chi connectivity index (χ3n) is 7.13. The van der Waals surface area contributed by atoms with E-state index in [9.17, 15) is 5.11 Å². The number of nitrogens with zero attached hydrogens (tertiary/aromatic N) is 1. The summed E-state index contributed by atoms with van der Waals surface area (Å²) < 4.78 is 12.4. The average Bonchev–Trinajstić information content (AvgIpc) is 2.81. The minimum absolute atomic E-state index is 0.702. The zero-order chi connectivity index (χ0) is 23.2. The molecule has 5 rings (SSSR count). The molecule has 0 aromatic heterocycles. The number of anilines is 3. The Balaban J connectivity index is 1.48. The molecule has 3 aromatic rings. The molecule has 0 saturated carbocycles. The lowest BCUT2D eigenvalue weighted by atomic mass is 9.82. The van der Waals surface area contributed by atoms with Gasteiger partial charge in [0.1, 0.15) is 0 Å². The number of rotatable bonds is 5. The highest BCUT2D eigenvalue weighted by Crippen LogP contribution is 2.52. The SMILES string of the molecule is CC(C)(O)C(C)(C)O[B]c1ccc(N2c3ccccc3Oc3c2ccc2c3CCCC2)cc1. The van der Waals surface area contributed by atoms with Crippen LogP contribution < -0.4 is 15.1 Å². The highest BCUT2D eigenvalue weighted by Gasteiger charge is 2.36. The van der Waals surface area contributed by atoms with Gasteiger partial charge >= 0.3 is 7.48 Å². The van der Waals surface area contributed by atoms with E-state index in [1.54, 1.807) is 21.3 Å². The molecule has 0 spiro atoms. The van der Waals surface area contributed by atoms with Crippen LogP contribution in [-0.2, 0) is 17.5 Å². The summed E-state index contributed by atoms with van der Waals surface area (Å²) in [6.07, 6.45) is 4.65. The van der Waals surface area contributed by atoms with Crippen LogP contribution in [-0.4, -0.2) is 23.8 Å². The van der Waals surface area contributed by atoms with Crippen molar-refractivity contribution < 1.29 is 14.5 Å². The minimum atomic E-state index is -0.955. The lowest BCUT2D eigenvalue weighted by molar-refractivity contribution is -0.0893. The van der Waals surface area contributed by atoms with Crippen LogP contribution >= 0.6 is 0 Å². The van der Waals surface area contributed by atoms with Gasteiger partial charge in [-0.15, -0.1) is 0 Å². The van der Waals surface area contributed by atoms with Crippen LogP contribution in [0.25, 0.3) is 0 Å². The third kappa shape index (κ3) is 4.05. The first kappa shape index (κ1) is 22.1. The Kier molecular flexibility index (Phi) is 5.50. The van der Waals surface area contributed by atoms with Crippen molar-refractivity contribution in [3.05, 3.63) is 71.8 Å². The molecule has 0 unspecified atom stereocenters. The smallest absolute Gasteiger partial charge is 0.330 e. The fourth-order valence-electron chi connectivity index (χ4n) is 4.38. The van der Waals surface area contributed by atoms with Crippen LogP contribution in [0, 0.1) is 0 Å². The summed E-state index contributed by atoms with van der Waals surface area (Å²) in [6.45, 7) is 7.30. The molecule has 0 atom stereocenters. The molecule has 3 aromatic carbocycles. The van der Waals surface area contributed by atoms with Gasteiger partial charge in [-0.2, -0.15) is 0 Å². The van der Waals surface area contributed by atoms with Crippen molar-refractivity contribution in [2.45, 2.75) is 64.6 Å². The Hall–Kier alpha value is -2.76. The van der Waals surface area contributed by atoms with Crippen LogP contribution in [0.2, 0.25) is 0 Å². The number of benzene rings is 3. The van der Waals surface area contributed by atoms with Gasteiger partial charge in [0.25, 0.3) is 0 Å². The second-order valence-corrected chi connectivity index (χ2v) is 10.1. The molecule has 5 heteroatoms. The molecule has 4 nitrogen and oxygen atoms in total. The van der Waals surface area contributed by atoms with E-state index < -0.39 is 11.2 Å². The molecule has 0 fully saturated rings. The molecule has 1 heterocycles. The normalized spacial score (nSPS) is 15.2. The van der Waals surface area contributed by atoms with Gasteiger partial charge in [0.05, 0.1) is 22.6 Å². The van der Waals surface area contributed by atoms with Gasteiger partial charge in [0.2, 0.25) is 0 Å². The van der Waals surface area contributed by atoms with E-state index in [2.05, 4.69) is 35.2 Å². The predicted octanol–water partition coefficient (Wildman–Crippen LogP) is 5.95. The van der Waals surface area contributed by atoms with E-state index in [4.69, 9.17) is 9.39 Å². The lowest BCUT2D eigenvalue weighted by Gasteiger charge is -2.37. The number of hydrogen-bond donors (Lipinski definition) is 1. The first-order chi connectivity index (χ1) is 15.7. The summed E-state index contributed by atoms with van der Waals surface area (Å²) in [6, 6.07) is 21.0. The molecular formula is C28H31BNO3. The number of aliphatic hydroxyl groups is 1. The predicted molar refractivity (Wildman–Crippen MR) is 135 cm³/mol. The van der Waals surface area contributed by atoms with Crippen molar-refractivity contribution in [2.75, 3.05) is 4.90 Å². The van der Waals surface area contributed by atoms with Gasteiger partial charge in [-0.25, -0.2) is 0 Å². The molecule has 1 aliphatic carbocycles. The molecule has 1 radical (unpaired) electrons. The van der Waals surface area contributed by atoms with Crippen molar-refractivity contribution in [3.63, 3.8) is 0 Å². The van der Waals surface area contributed by atoms with Crippen LogP contribution in [0.4, 0.5) is 17.1 Å². The quantitative estimate of drug-likeness (QED) is 0.390. The highest BCUT2D eigenvalue weighted by molar-refractivity contribution is 6.47. The van der Waals surface area contributed by atoms with Crippen molar-refractivity contribution in [2.24, 2.45) is 0 Å². The van der Waals surface area contributed by atoms with Gasteiger partial charge in [-0.05, 0) is 89.3 Å². The van der Waals surface area contributed by atoms with Crippen molar-refractivity contribution in [1.82, 2.24) is 0 Å². The van der Waals surface area contributed by atoms with E-state index >= 15 is 0 Å². The number of hydrogen-bond acceptors (Lipinski definition) is 4. The lowest BCUT2D eigenvalue weighted by Crippen LogP contribution is -2.49. The van der Waals surface area contributed by atoms with E-state index in [0.29, 0.717) is 0 Å². The summed E-state index contributed by atoms with van der Waals surface area (Å²) in [5.41, 5.74) is 5.25. The summed E-state index contributed by atoms with van der Waals surface area (Å²) in [5.74, 6) is 1.88. The molecule has 2 aliphatic rings. The molecular weight excluding hydrogens is 409 g/mol. The van der Waals surface area contributed by atoms with Gasteiger partial charge in [-0.1, -0.05) is 35.8 Å². The number of aryl methyl sites for hydroxylation is 1. The van der Waals surface area contributed by atoms with Gasteiger partial charge in [0, 0.05) is 11.3 Å². The topological polar surface area (TPSA) is 41.9 Å². The van der Waals surface area contributed by atoms with Gasteiger partial charge in [0.15, 0.2) is 11.5 Å². The molecule has 33 heavy (non-hydrogen) atoms. The van der Waals surface area contributed by atoms with Crippen LogP contribution in [0.15, 0.2) is 60.7 Å². The average molecular weight is 440 g/mol. The Labute approximate surface area is 197 Å². The van der Waals surface area contributed by atoms with Crippen molar-refractivity contribution in [3.8, 4) is 11.5 Å². The molecule has 0 saturated heterocycles. The zero-order valence-electron chi connectivity index (χ0n) is 19.9. The van der Waals surface area contributed by atoms with Crippen LogP contribution in [0.1, 0.15) is 51.7 Å². The van der Waals surface area contributed by atoms with E-state index in [1.165, 1.54) is 24.0 Å². The van der Waals surface area contributed by atoms with Crippen molar-refractivity contribution in [1.29, 1.82) is 0 Å². The fourth-order valence-corrected chi connectivity index (χ4v) is 4.38. The maximum Gasteiger partial charge on any atom is 0.330 e. The standard InChI is InChI=1S/C28H31BNO3/c1-27(2,31)28(3,4)33-29-20-14-16-21(17-15-20)30-23-11-7-8-12-25(23)32-26-22-10-6-5-9-19(22)13-18-24(26)30/h7-8,11-18,31H,5-6,9-10H2,1-4H3. The monoisotopic (exact) mass is 440 g/mol. The summed E-state index contributed by atoms with van der Waals surface area (Å²) >= 11 is 0. The Bertz CT molecular complexity index is 1160. The molecule has 0 bridgehead atoms. The first-order valence-electron chi connectivity index (χ1n) is 11.8. The molecule has 1 N–H and O–H groups in total. The Morgan fingerprint density at radius 2 is 1.61 bits per heavy atom. The summed E-state index contributed by atoms with van der Waals surface area (Å²) in [7, 11) is 1.72. The van der Waals surface area contributed by atoms with Crippen LogP contribution in [0.5, 0.6) is 11.5 Å². The summed E-state index contributed by atoms with van der Waals surface area (Å²) in [5, 5.41) is 10.3. The van der Waals surface area contributed by atoms with E-state index in [1.807, 2.05) is 44.2 Å². The maximum atomic E-state index is 10.3. The van der Waals surface area contributed by atoms with E-state index in [-0.39, 0.29) is 0 Å². The molecule has 1 aliphatic heterocycles. The van der Waals surface area contributed by atoms with E-state index in [0.717, 1.165) is 46.9 Å². The second-order valence-electron chi connectivity index (χ2n) is 10.1. The molecule has 0 amide bonds. The zero-order valence-corrected chi connectivity index (χ0v) is 19.9. The fraction of sp³-hybridized carbons (Fsp3) is 0.357. The van der Waals surface area contributed by atoms with Gasteiger partial charge in [-0.3, -0.25) is 0 Å². The second kappa shape index (κ2) is 8.23. The highest BCUT2D eigenvalue weighted by atomic mass is 16.5. The maximum absolute atomic E-state index is 10.3.